The van der Waals surface area contributed by atoms with E-state index in [-0.39, 0.29) is 5.92 Å². The molecule has 0 aliphatic heterocycles. The Morgan fingerprint density at radius 2 is 1.67 bits per heavy atom. The summed E-state index contributed by atoms with van der Waals surface area (Å²) in [5.74, 6) is -1.85. The van der Waals surface area contributed by atoms with E-state index in [4.69, 9.17) is 0 Å². The molecule has 0 amide bonds. The molecule has 2 aliphatic carbocycles. The summed E-state index contributed by atoms with van der Waals surface area (Å²) in [6.07, 6.45) is 10.5. The molecule has 0 bridgehead atoms. The Balaban J connectivity index is 2.54. The molecular formula is C17H26O4. The van der Waals surface area contributed by atoms with E-state index >= 15 is 0 Å². The Kier molecular flexibility index (Phi) is 4.74. The maximum absolute atomic E-state index is 12.3. The molecule has 4 nitrogen and oxygen atoms in total. The Hall–Kier alpha value is -1.32. The molecular weight excluding hydrogens is 268 g/mol. The van der Waals surface area contributed by atoms with Crippen molar-refractivity contribution in [1.82, 2.24) is 0 Å². The number of aliphatic carboxylic acids is 2. The van der Waals surface area contributed by atoms with Crippen LogP contribution in [0.5, 0.6) is 0 Å². The van der Waals surface area contributed by atoms with E-state index in [0.29, 0.717) is 25.7 Å². The average molecular weight is 294 g/mol. The third-order valence-electron chi connectivity index (χ3n) is 5.70. The molecule has 118 valence electrons. The molecule has 4 heteroatoms. The van der Waals surface area contributed by atoms with Crippen LogP contribution in [0.25, 0.3) is 0 Å². The van der Waals surface area contributed by atoms with Gasteiger partial charge in [-0.25, -0.2) is 0 Å². The van der Waals surface area contributed by atoms with Crippen molar-refractivity contribution >= 4 is 11.9 Å². The van der Waals surface area contributed by atoms with Crippen LogP contribution >= 0.6 is 0 Å². The third kappa shape index (κ3) is 2.39. The van der Waals surface area contributed by atoms with E-state index in [0.717, 1.165) is 32.1 Å². The molecule has 1 saturated carbocycles. The van der Waals surface area contributed by atoms with Crippen molar-refractivity contribution in [3.8, 4) is 0 Å². The lowest BCUT2D eigenvalue weighted by molar-refractivity contribution is -0.184. The van der Waals surface area contributed by atoms with Gasteiger partial charge in [-0.3, -0.25) is 9.59 Å². The molecule has 0 saturated heterocycles. The van der Waals surface area contributed by atoms with Gasteiger partial charge >= 0.3 is 11.9 Å². The maximum atomic E-state index is 12.3. The molecule has 0 aromatic rings. The second-order valence-corrected chi connectivity index (χ2v) is 6.63. The molecule has 2 unspecified atom stereocenters. The van der Waals surface area contributed by atoms with Gasteiger partial charge in [0.1, 0.15) is 0 Å². The summed E-state index contributed by atoms with van der Waals surface area (Å²) in [7, 11) is 0. The molecule has 2 rings (SSSR count). The SMILES string of the molecule is CCCC1(C(=O)O)CC=CCC1(C(=O)O)C1CCCCC1. The largest absolute Gasteiger partial charge is 0.481 e. The molecule has 2 aliphatic rings. The lowest BCUT2D eigenvalue weighted by Crippen LogP contribution is -2.57. The quantitative estimate of drug-likeness (QED) is 0.755. The predicted molar refractivity (Wildman–Crippen MR) is 80.0 cm³/mol. The van der Waals surface area contributed by atoms with Gasteiger partial charge in [-0.15, -0.1) is 0 Å². The first-order chi connectivity index (χ1) is 10.0. The molecule has 2 N–H and O–H groups in total. The first-order valence-electron chi connectivity index (χ1n) is 8.13. The lowest BCUT2D eigenvalue weighted by atomic mass is 9.49. The molecule has 1 fully saturated rings. The van der Waals surface area contributed by atoms with E-state index in [1.54, 1.807) is 0 Å². The standard InChI is InChI=1S/C17H26O4/c1-2-10-16(14(18)19)11-6-7-12-17(16,15(20)21)13-8-4-3-5-9-13/h6-7,13H,2-5,8-12H2,1H3,(H,18,19)(H,20,21). The summed E-state index contributed by atoms with van der Waals surface area (Å²) in [6, 6.07) is 0. The number of hydrogen-bond acceptors (Lipinski definition) is 2. The van der Waals surface area contributed by atoms with E-state index in [1.165, 1.54) is 0 Å². The fourth-order valence-electron chi connectivity index (χ4n) is 4.69. The van der Waals surface area contributed by atoms with Crippen LogP contribution in [0.1, 0.15) is 64.7 Å². The summed E-state index contributed by atoms with van der Waals surface area (Å²) >= 11 is 0. The Morgan fingerprint density at radius 1 is 1.05 bits per heavy atom. The van der Waals surface area contributed by atoms with Crippen LogP contribution in [0, 0.1) is 16.7 Å². The number of allylic oxidation sites excluding steroid dienone is 2. The first-order valence-corrected chi connectivity index (χ1v) is 8.13. The molecule has 0 spiro atoms. The van der Waals surface area contributed by atoms with Crippen LogP contribution in [0.2, 0.25) is 0 Å². The molecule has 0 aromatic heterocycles. The summed E-state index contributed by atoms with van der Waals surface area (Å²) in [4.78, 5) is 24.4. The van der Waals surface area contributed by atoms with Gasteiger partial charge in [0, 0.05) is 0 Å². The number of carbonyl (C=O) groups is 2. The second kappa shape index (κ2) is 6.20. The van der Waals surface area contributed by atoms with Crippen molar-refractivity contribution in [2.24, 2.45) is 16.7 Å². The smallest absolute Gasteiger partial charge is 0.311 e. The minimum atomic E-state index is -1.15. The number of rotatable bonds is 5. The van der Waals surface area contributed by atoms with Crippen molar-refractivity contribution in [3.63, 3.8) is 0 Å². The molecule has 0 radical (unpaired) electrons. The van der Waals surface area contributed by atoms with Gasteiger partial charge in [0.05, 0.1) is 10.8 Å². The summed E-state index contributed by atoms with van der Waals surface area (Å²) < 4.78 is 0. The van der Waals surface area contributed by atoms with Gasteiger partial charge in [0.2, 0.25) is 0 Å². The molecule has 21 heavy (non-hydrogen) atoms. The van der Waals surface area contributed by atoms with Gasteiger partial charge in [0.25, 0.3) is 0 Å². The number of carboxylic acids is 2. The van der Waals surface area contributed by atoms with Gasteiger partial charge in [-0.1, -0.05) is 44.8 Å². The zero-order valence-corrected chi connectivity index (χ0v) is 12.8. The monoisotopic (exact) mass is 294 g/mol. The van der Waals surface area contributed by atoms with Gasteiger partial charge in [-0.05, 0) is 38.0 Å². The number of hydrogen-bond donors (Lipinski definition) is 2. The second-order valence-electron chi connectivity index (χ2n) is 6.63. The van der Waals surface area contributed by atoms with Crippen molar-refractivity contribution in [3.05, 3.63) is 12.2 Å². The topological polar surface area (TPSA) is 74.6 Å². The van der Waals surface area contributed by atoms with Crippen LogP contribution in [-0.4, -0.2) is 22.2 Å². The minimum absolute atomic E-state index is 0.0173. The zero-order chi connectivity index (χ0) is 15.5. The van der Waals surface area contributed by atoms with Crippen LogP contribution in [0.4, 0.5) is 0 Å². The Morgan fingerprint density at radius 3 is 2.19 bits per heavy atom. The van der Waals surface area contributed by atoms with Crippen LogP contribution in [0.3, 0.4) is 0 Å². The van der Waals surface area contributed by atoms with E-state index in [9.17, 15) is 19.8 Å². The van der Waals surface area contributed by atoms with Crippen LogP contribution in [0.15, 0.2) is 12.2 Å². The third-order valence-corrected chi connectivity index (χ3v) is 5.70. The highest BCUT2D eigenvalue weighted by atomic mass is 16.4. The predicted octanol–water partition coefficient (Wildman–Crippen LogP) is 3.86. The fraction of sp³-hybridized carbons (Fsp3) is 0.765. The normalized spacial score (nSPS) is 33.8. The van der Waals surface area contributed by atoms with Crippen LogP contribution in [-0.2, 0) is 9.59 Å². The van der Waals surface area contributed by atoms with Gasteiger partial charge < -0.3 is 10.2 Å². The summed E-state index contributed by atoms with van der Waals surface area (Å²) in [6.45, 7) is 1.94. The highest BCUT2D eigenvalue weighted by molar-refractivity contribution is 5.88. The highest BCUT2D eigenvalue weighted by Gasteiger charge is 2.63. The highest BCUT2D eigenvalue weighted by Crippen LogP contribution is 2.59. The molecule has 0 aromatic carbocycles. The summed E-state index contributed by atoms with van der Waals surface area (Å²) in [5, 5.41) is 20.0. The van der Waals surface area contributed by atoms with E-state index in [2.05, 4.69) is 0 Å². The summed E-state index contributed by atoms with van der Waals surface area (Å²) in [5.41, 5.74) is -2.28. The maximum Gasteiger partial charge on any atom is 0.311 e. The van der Waals surface area contributed by atoms with E-state index in [1.807, 2.05) is 19.1 Å². The van der Waals surface area contributed by atoms with Crippen molar-refractivity contribution in [2.75, 3.05) is 0 Å². The van der Waals surface area contributed by atoms with Crippen LogP contribution < -0.4 is 0 Å². The van der Waals surface area contributed by atoms with Gasteiger partial charge in [0.15, 0.2) is 0 Å². The van der Waals surface area contributed by atoms with Crippen molar-refractivity contribution in [2.45, 2.75) is 64.7 Å². The van der Waals surface area contributed by atoms with Crippen molar-refractivity contribution in [1.29, 1.82) is 0 Å². The Bertz CT molecular complexity index is 436. The van der Waals surface area contributed by atoms with Gasteiger partial charge in [-0.2, -0.15) is 0 Å². The molecule has 0 heterocycles. The fourth-order valence-corrected chi connectivity index (χ4v) is 4.69. The average Bonchev–Trinajstić information content (AvgIpc) is 2.48. The molecule has 2 atom stereocenters. The van der Waals surface area contributed by atoms with Crippen molar-refractivity contribution < 1.29 is 19.8 Å². The lowest BCUT2D eigenvalue weighted by Gasteiger charge is -2.51. The Labute approximate surface area is 126 Å². The number of carboxylic acid groups (broad SMARTS) is 2. The minimum Gasteiger partial charge on any atom is -0.481 e. The van der Waals surface area contributed by atoms with E-state index < -0.39 is 22.8 Å². The zero-order valence-electron chi connectivity index (χ0n) is 12.8. The first kappa shape index (κ1) is 16.1.